The zero-order chi connectivity index (χ0) is 41.6. The molecule has 5 heteroatoms. The molecule has 9 rings (SSSR count). The van der Waals surface area contributed by atoms with Crippen LogP contribution >= 0.6 is 0 Å². The Balaban J connectivity index is 0.00000514. The summed E-state index contributed by atoms with van der Waals surface area (Å²) in [6.45, 7) is 1.60. The second-order valence-electron chi connectivity index (χ2n) is 14.1. The van der Waals surface area contributed by atoms with Crippen LogP contribution in [0.4, 0.5) is 0 Å². The number of aromatic hydroxyl groups is 1. The molecule has 9 aromatic rings. The van der Waals surface area contributed by atoms with Crippen LogP contribution in [-0.4, -0.2) is 19.6 Å². The second-order valence-corrected chi connectivity index (χ2v) is 14.1. The SMILES string of the molecule is [2H]C([2H])([2H])c1ccc(-c2ccnc(-c3[c-]c(-c4cccc5c4nc(-c4ccccc4O)n5-c4ccc(C([2H])(C)C)cc4-c4ccccc4)cc(-c4ccccc4)c3)c2)cc1.[Pt]. The molecular weight excluding hydrogens is 878 g/mol. The maximum Gasteiger partial charge on any atom is 0.148 e. The molecule has 7 aromatic carbocycles. The van der Waals surface area contributed by atoms with Gasteiger partial charge in [-0.25, -0.2) is 4.98 Å². The molecule has 0 aliphatic carbocycles. The molecule has 57 heavy (non-hydrogen) atoms. The summed E-state index contributed by atoms with van der Waals surface area (Å²) >= 11 is 0. The summed E-state index contributed by atoms with van der Waals surface area (Å²) in [5.41, 5.74) is 13.1. The number of benzene rings is 7. The summed E-state index contributed by atoms with van der Waals surface area (Å²) in [7, 11) is 0. The van der Waals surface area contributed by atoms with Crippen LogP contribution in [0.15, 0.2) is 176 Å². The number of fused-ring (bicyclic) bond motifs is 1. The smallest absolute Gasteiger partial charge is 0.148 e. The third kappa shape index (κ3) is 7.37. The van der Waals surface area contributed by atoms with E-state index in [2.05, 4.69) is 71.3 Å². The van der Waals surface area contributed by atoms with Crippen molar-refractivity contribution in [2.75, 3.05) is 0 Å². The van der Waals surface area contributed by atoms with E-state index in [9.17, 15) is 5.11 Å². The number of nitrogens with zero attached hydrogens (tertiary/aromatic N) is 3. The number of aromatic nitrogens is 3. The predicted molar refractivity (Wildman–Crippen MR) is 231 cm³/mol. The van der Waals surface area contributed by atoms with Crippen molar-refractivity contribution in [3.8, 4) is 78.6 Å². The maximum absolute atomic E-state index is 11.3. The van der Waals surface area contributed by atoms with Gasteiger partial charge in [0.05, 0.1) is 22.3 Å². The van der Waals surface area contributed by atoms with Gasteiger partial charge in [0.1, 0.15) is 11.6 Å². The molecule has 2 heterocycles. The Labute approximate surface area is 354 Å². The van der Waals surface area contributed by atoms with Crippen molar-refractivity contribution in [2.24, 2.45) is 0 Å². The molecule has 0 aliphatic rings. The van der Waals surface area contributed by atoms with Crippen LogP contribution in [0.1, 0.15) is 36.4 Å². The minimum absolute atomic E-state index is 0. The zero-order valence-electron chi connectivity index (χ0n) is 35.3. The van der Waals surface area contributed by atoms with E-state index in [-0.39, 0.29) is 26.8 Å². The van der Waals surface area contributed by atoms with Crippen LogP contribution in [-0.2, 0) is 21.1 Å². The van der Waals surface area contributed by atoms with Gasteiger partial charge in [0.15, 0.2) is 0 Å². The second kappa shape index (κ2) is 16.0. The minimum atomic E-state index is -2.18. The van der Waals surface area contributed by atoms with E-state index < -0.39 is 12.7 Å². The Kier molecular flexibility index (Phi) is 9.23. The van der Waals surface area contributed by atoms with Gasteiger partial charge in [-0.15, -0.1) is 23.8 Å². The van der Waals surface area contributed by atoms with E-state index in [1.54, 1.807) is 30.5 Å². The molecule has 280 valence electrons. The molecule has 0 spiro atoms. The third-order valence-corrected chi connectivity index (χ3v) is 10.3. The number of para-hydroxylation sites is 2. The number of imidazole rings is 1. The summed E-state index contributed by atoms with van der Waals surface area (Å²) in [4.78, 5) is 10.2. The fraction of sp³-hybridized carbons (Fsp3) is 0.0769. The Hall–Kier alpha value is -6.35. The van der Waals surface area contributed by atoms with Crippen LogP contribution in [0.3, 0.4) is 0 Å². The van der Waals surface area contributed by atoms with Crippen molar-refractivity contribution in [3.63, 3.8) is 0 Å². The number of hydrogen-bond donors (Lipinski definition) is 1. The standard InChI is InChI=1S/C52H40N3O.Pt/c1-34(2)39-25-26-48(46(32-39)38-15-8-5-9-16-38)55-49-19-12-18-44(51(49)54-52(55)45-17-10-11-20-50(45)56)42-29-41(36-13-6-4-7-14-36)30-43(31-42)47-33-40(27-28-53-47)37-23-21-35(3)22-24-37;/h4-30,32-34,56H,1-3H3;/q-1;/i3D3,34D;. The number of phenols is 1. The molecule has 0 aliphatic heterocycles. The Morgan fingerprint density at radius 2 is 1.30 bits per heavy atom. The van der Waals surface area contributed by atoms with Crippen molar-refractivity contribution in [2.45, 2.75) is 26.6 Å². The van der Waals surface area contributed by atoms with E-state index >= 15 is 0 Å². The average molecular weight is 922 g/mol. The number of hydrogen-bond acceptors (Lipinski definition) is 3. The van der Waals surface area contributed by atoms with Crippen molar-refractivity contribution >= 4 is 11.0 Å². The Morgan fingerprint density at radius 3 is 2.04 bits per heavy atom. The molecule has 0 radical (unpaired) electrons. The van der Waals surface area contributed by atoms with Crippen molar-refractivity contribution in [3.05, 3.63) is 193 Å². The number of pyridine rings is 1. The Morgan fingerprint density at radius 1 is 0.614 bits per heavy atom. The molecule has 1 N–H and O–H groups in total. The van der Waals surface area contributed by atoms with Gasteiger partial charge in [-0.2, -0.15) is 0 Å². The van der Waals surface area contributed by atoms with Gasteiger partial charge < -0.3 is 5.11 Å². The maximum atomic E-state index is 11.3. The molecule has 0 saturated heterocycles. The van der Waals surface area contributed by atoms with Crippen molar-refractivity contribution in [1.29, 1.82) is 0 Å². The molecule has 2 aromatic heterocycles. The molecule has 0 amide bonds. The third-order valence-electron chi connectivity index (χ3n) is 10.3. The van der Waals surface area contributed by atoms with Gasteiger partial charge in [-0.1, -0.05) is 157 Å². The fourth-order valence-electron chi connectivity index (χ4n) is 7.37. The number of phenolic OH excluding ortho intramolecular Hbond substituents is 1. The van der Waals surface area contributed by atoms with Gasteiger partial charge in [0.25, 0.3) is 0 Å². The van der Waals surface area contributed by atoms with Crippen LogP contribution in [0.25, 0.3) is 83.9 Å². The van der Waals surface area contributed by atoms with E-state index in [4.69, 9.17) is 15.5 Å². The summed E-state index contributed by atoms with van der Waals surface area (Å²) < 4.78 is 34.4. The quantitative estimate of drug-likeness (QED) is 0.155. The first-order valence-electron chi connectivity index (χ1n) is 20.6. The summed E-state index contributed by atoms with van der Waals surface area (Å²) in [6.07, 6.45) is 1.77. The van der Waals surface area contributed by atoms with Gasteiger partial charge in [0, 0.05) is 44.0 Å². The van der Waals surface area contributed by atoms with E-state index in [1.807, 2.05) is 98.8 Å². The predicted octanol–water partition coefficient (Wildman–Crippen LogP) is 13.4. The number of aryl methyl sites for hydroxylation is 1. The van der Waals surface area contributed by atoms with Crippen LogP contribution in [0.2, 0.25) is 0 Å². The summed E-state index contributed by atoms with van der Waals surface area (Å²) in [5, 5.41) is 11.3. The first-order chi connectivity index (χ1) is 28.9. The fourth-order valence-corrected chi connectivity index (χ4v) is 7.37. The first kappa shape index (κ1) is 32.8. The van der Waals surface area contributed by atoms with Crippen LogP contribution in [0, 0.1) is 12.9 Å². The summed E-state index contributed by atoms with van der Waals surface area (Å²) in [5.74, 6) is -0.147. The van der Waals surface area contributed by atoms with Crippen LogP contribution in [0.5, 0.6) is 5.75 Å². The minimum Gasteiger partial charge on any atom is -0.507 e. The van der Waals surface area contributed by atoms with E-state index in [0.717, 1.165) is 72.4 Å². The van der Waals surface area contributed by atoms with Gasteiger partial charge in [-0.3, -0.25) is 9.55 Å². The van der Waals surface area contributed by atoms with Crippen LogP contribution < -0.4 is 0 Å². The molecule has 4 nitrogen and oxygen atoms in total. The topological polar surface area (TPSA) is 50.9 Å². The largest absolute Gasteiger partial charge is 0.507 e. The summed E-state index contributed by atoms with van der Waals surface area (Å²) in [6, 6.07) is 58.7. The normalized spacial score (nSPS) is 12.6. The molecule has 0 atom stereocenters. The van der Waals surface area contributed by atoms with Gasteiger partial charge in [-0.05, 0) is 77.0 Å². The number of rotatable bonds is 8. The average Bonchev–Trinajstić information content (AvgIpc) is 3.66. The Bertz CT molecular complexity index is 3010. The first-order valence-corrected chi connectivity index (χ1v) is 18.6. The van der Waals surface area contributed by atoms with Gasteiger partial charge in [0.2, 0.25) is 0 Å². The van der Waals surface area contributed by atoms with E-state index in [0.29, 0.717) is 22.6 Å². The van der Waals surface area contributed by atoms with Crippen molar-refractivity contribution in [1.82, 2.24) is 14.5 Å². The van der Waals surface area contributed by atoms with Crippen molar-refractivity contribution < 1.29 is 31.7 Å². The zero-order valence-corrected chi connectivity index (χ0v) is 33.6. The van der Waals surface area contributed by atoms with E-state index in [1.165, 1.54) is 0 Å². The molecular formula is C52H40N3OPt-. The van der Waals surface area contributed by atoms with Gasteiger partial charge >= 0.3 is 0 Å². The molecule has 0 unspecified atom stereocenters. The molecule has 0 bridgehead atoms. The molecule has 0 fully saturated rings. The molecule has 0 saturated carbocycles. The monoisotopic (exact) mass is 921 g/mol.